The van der Waals surface area contributed by atoms with Gasteiger partial charge < -0.3 is 10.4 Å². The predicted octanol–water partition coefficient (Wildman–Crippen LogP) is 3.15. The second kappa shape index (κ2) is 6.23. The molecule has 1 aromatic heterocycles. The van der Waals surface area contributed by atoms with Gasteiger partial charge in [0.05, 0.1) is 10.6 Å². The van der Waals surface area contributed by atoms with Gasteiger partial charge in [-0.25, -0.2) is 9.78 Å². The number of para-hydroxylation sites is 1. The summed E-state index contributed by atoms with van der Waals surface area (Å²) in [6.07, 6.45) is 2.85. The minimum atomic E-state index is -1.37. The Morgan fingerprint density at radius 2 is 2.14 bits per heavy atom. The highest BCUT2D eigenvalue weighted by Gasteiger charge is 2.21. The van der Waals surface area contributed by atoms with E-state index >= 15 is 0 Å². The Hall–Kier alpha value is -2.61. The second-order valence-electron chi connectivity index (χ2n) is 3.97. The first-order valence-corrected chi connectivity index (χ1v) is 7.03. The number of carboxylic acids is 1. The topological polar surface area (TPSA) is 105 Å². The van der Waals surface area contributed by atoms with Crippen LogP contribution >= 0.6 is 11.8 Å². The van der Waals surface area contributed by atoms with Gasteiger partial charge in [0, 0.05) is 11.0 Å². The molecule has 2 N–H and O–H groups in total. The second-order valence-corrected chi connectivity index (χ2v) is 4.82. The molecule has 0 unspecified atom stereocenters. The Morgan fingerprint density at radius 3 is 2.76 bits per heavy atom. The van der Waals surface area contributed by atoms with Gasteiger partial charge in [0.25, 0.3) is 0 Å². The first kappa shape index (κ1) is 14.8. The summed E-state index contributed by atoms with van der Waals surface area (Å²) in [6, 6.07) is 8.57. The number of aromatic nitrogens is 1. The van der Waals surface area contributed by atoms with E-state index in [4.69, 9.17) is 5.11 Å². The van der Waals surface area contributed by atoms with Crippen molar-refractivity contribution in [2.24, 2.45) is 0 Å². The maximum Gasteiger partial charge on any atom is 0.342 e. The number of aromatic carboxylic acids is 1. The molecule has 108 valence electrons. The molecule has 2 rings (SSSR count). The van der Waals surface area contributed by atoms with Crippen molar-refractivity contribution in [1.29, 1.82) is 0 Å². The fourth-order valence-electron chi connectivity index (χ4n) is 1.72. The van der Waals surface area contributed by atoms with Crippen molar-refractivity contribution in [3.63, 3.8) is 0 Å². The van der Waals surface area contributed by atoms with Crippen LogP contribution < -0.4 is 5.32 Å². The highest BCUT2D eigenvalue weighted by atomic mass is 32.2. The van der Waals surface area contributed by atoms with E-state index in [-0.39, 0.29) is 5.82 Å². The maximum atomic E-state index is 11.1. The first-order chi connectivity index (χ1) is 10.0. The number of nitrogens with zero attached hydrogens (tertiary/aromatic N) is 2. The van der Waals surface area contributed by atoms with Crippen LogP contribution in [0.2, 0.25) is 0 Å². The summed E-state index contributed by atoms with van der Waals surface area (Å²) >= 11 is 1.52. The number of nitrogens with one attached hydrogen (secondary N) is 1. The smallest absolute Gasteiger partial charge is 0.342 e. The van der Waals surface area contributed by atoms with Crippen LogP contribution in [0.4, 0.5) is 17.2 Å². The van der Waals surface area contributed by atoms with Gasteiger partial charge >= 0.3 is 11.7 Å². The van der Waals surface area contributed by atoms with Crippen LogP contribution in [0.5, 0.6) is 0 Å². The quantitative estimate of drug-likeness (QED) is 0.496. The van der Waals surface area contributed by atoms with E-state index in [0.717, 1.165) is 22.8 Å². The maximum absolute atomic E-state index is 11.1. The van der Waals surface area contributed by atoms with Crippen LogP contribution in [0.25, 0.3) is 0 Å². The van der Waals surface area contributed by atoms with Crippen LogP contribution in [0.3, 0.4) is 0 Å². The molecule has 0 aliphatic carbocycles. The third kappa shape index (κ3) is 3.29. The third-order valence-electron chi connectivity index (χ3n) is 2.68. The number of thioether (sulfide) groups is 1. The van der Waals surface area contributed by atoms with E-state index < -0.39 is 22.1 Å². The Morgan fingerprint density at radius 1 is 1.43 bits per heavy atom. The molecule has 1 heterocycles. The van der Waals surface area contributed by atoms with Crippen molar-refractivity contribution in [3.05, 3.63) is 52.2 Å². The standard InChI is InChI=1S/C13H11N3O4S/c1-21-11-5-3-2-4-9(11)15-12-6-8(13(17)18)10(7-14-12)16(19)20/h2-7H,1H3,(H,14,15)(H,17,18). The summed E-state index contributed by atoms with van der Waals surface area (Å²) < 4.78 is 0. The number of carbonyl (C=O) groups is 1. The van der Waals surface area contributed by atoms with Gasteiger partial charge in [-0.1, -0.05) is 12.1 Å². The van der Waals surface area contributed by atoms with Crippen LogP contribution in [0.15, 0.2) is 41.4 Å². The zero-order valence-electron chi connectivity index (χ0n) is 10.9. The Labute approximate surface area is 124 Å². The fraction of sp³-hybridized carbons (Fsp3) is 0.0769. The first-order valence-electron chi connectivity index (χ1n) is 5.80. The SMILES string of the molecule is CSc1ccccc1Nc1cc(C(=O)O)c([N+](=O)[O-])cn1. The average molecular weight is 305 g/mol. The molecule has 0 bridgehead atoms. The molecular formula is C13H11N3O4S. The lowest BCUT2D eigenvalue weighted by Crippen LogP contribution is -2.05. The minimum absolute atomic E-state index is 0.236. The molecule has 0 saturated carbocycles. The molecule has 1 aromatic carbocycles. The van der Waals surface area contributed by atoms with Crippen molar-refractivity contribution in [3.8, 4) is 0 Å². The van der Waals surface area contributed by atoms with Crippen molar-refractivity contribution in [2.75, 3.05) is 11.6 Å². The molecule has 8 heteroatoms. The number of hydrogen-bond acceptors (Lipinski definition) is 6. The molecule has 0 radical (unpaired) electrons. The van der Waals surface area contributed by atoms with E-state index in [1.54, 1.807) is 0 Å². The van der Waals surface area contributed by atoms with Crippen molar-refractivity contribution < 1.29 is 14.8 Å². The van der Waals surface area contributed by atoms with Crippen molar-refractivity contribution >= 4 is 34.9 Å². The molecule has 0 atom stereocenters. The van der Waals surface area contributed by atoms with Gasteiger partial charge in [-0.05, 0) is 18.4 Å². The number of benzene rings is 1. The number of nitro groups is 1. The average Bonchev–Trinajstić information content (AvgIpc) is 2.47. The van der Waals surface area contributed by atoms with Crippen LogP contribution in [-0.4, -0.2) is 27.2 Å². The normalized spacial score (nSPS) is 10.1. The minimum Gasteiger partial charge on any atom is -0.477 e. The number of hydrogen-bond donors (Lipinski definition) is 2. The van der Waals surface area contributed by atoms with Gasteiger partial charge in [0.2, 0.25) is 0 Å². The molecule has 0 saturated heterocycles. The molecule has 0 aliphatic rings. The van der Waals surface area contributed by atoms with Crippen LogP contribution in [0.1, 0.15) is 10.4 Å². The molecule has 2 aromatic rings. The van der Waals surface area contributed by atoms with Crippen molar-refractivity contribution in [2.45, 2.75) is 4.90 Å². The fourth-order valence-corrected chi connectivity index (χ4v) is 2.27. The molecule has 0 aliphatic heterocycles. The van der Waals surface area contributed by atoms with Gasteiger partial charge in [-0.15, -0.1) is 11.8 Å². The number of carboxylic acid groups (broad SMARTS) is 1. The van der Waals surface area contributed by atoms with Gasteiger partial charge in [-0.3, -0.25) is 10.1 Å². The zero-order chi connectivity index (χ0) is 15.4. The van der Waals surface area contributed by atoms with E-state index in [1.807, 2.05) is 30.5 Å². The number of anilines is 2. The lowest BCUT2D eigenvalue weighted by molar-refractivity contribution is -0.385. The highest BCUT2D eigenvalue weighted by molar-refractivity contribution is 7.98. The summed E-state index contributed by atoms with van der Waals surface area (Å²) in [5.41, 5.74) is -0.187. The predicted molar refractivity (Wildman–Crippen MR) is 79.4 cm³/mol. The van der Waals surface area contributed by atoms with Gasteiger partial charge in [0.15, 0.2) is 0 Å². The largest absolute Gasteiger partial charge is 0.477 e. The summed E-state index contributed by atoms with van der Waals surface area (Å²) in [5.74, 6) is -1.13. The van der Waals surface area contributed by atoms with E-state index in [9.17, 15) is 14.9 Å². The van der Waals surface area contributed by atoms with Crippen molar-refractivity contribution in [1.82, 2.24) is 4.98 Å². The molecular weight excluding hydrogens is 294 g/mol. The monoisotopic (exact) mass is 305 g/mol. The van der Waals surface area contributed by atoms with Crippen LogP contribution in [-0.2, 0) is 0 Å². The van der Waals surface area contributed by atoms with Crippen LogP contribution in [0, 0.1) is 10.1 Å². The van der Waals surface area contributed by atoms with E-state index in [1.165, 1.54) is 11.8 Å². The Balaban J connectivity index is 2.39. The molecule has 0 amide bonds. The van der Waals surface area contributed by atoms with E-state index in [0.29, 0.717) is 0 Å². The third-order valence-corrected chi connectivity index (χ3v) is 3.48. The summed E-state index contributed by atoms with van der Waals surface area (Å²) in [6.45, 7) is 0. The summed E-state index contributed by atoms with van der Waals surface area (Å²) in [5, 5.41) is 22.8. The van der Waals surface area contributed by atoms with E-state index in [2.05, 4.69) is 10.3 Å². The molecule has 21 heavy (non-hydrogen) atoms. The van der Waals surface area contributed by atoms with Gasteiger partial charge in [-0.2, -0.15) is 0 Å². The summed E-state index contributed by atoms with van der Waals surface area (Å²) in [7, 11) is 0. The Kier molecular flexibility index (Phi) is 4.39. The molecule has 0 spiro atoms. The zero-order valence-corrected chi connectivity index (χ0v) is 11.8. The summed E-state index contributed by atoms with van der Waals surface area (Å²) in [4.78, 5) is 25.9. The lowest BCUT2D eigenvalue weighted by Gasteiger charge is -2.10. The highest BCUT2D eigenvalue weighted by Crippen LogP contribution is 2.28. The molecule has 0 fully saturated rings. The Bertz CT molecular complexity index is 706. The number of pyridine rings is 1. The van der Waals surface area contributed by atoms with Gasteiger partial charge in [0.1, 0.15) is 17.6 Å². The number of rotatable bonds is 5. The molecule has 7 nitrogen and oxygen atoms in total. The lowest BCUT2D eigenvalue weighted by atomic mass is 10.2.